The summed E-state index contributed by atoms with van der Waals surface area (Å²) in [6, 6.07) is 5.67. The summed E-state index contributed by atoms with van der Waals surface area (Å²) >= 11 is 0. The van der Waals surface area contributed by atoms with Gasteiger partial charge in [0.25, 0.3) is 5.91 Å². The zero-order valence-corrected chi connectivity index (χ0v) is 10.4. The van der Waals surface area contributed by atoms with Crippen LogP contribution in [0.2, 0.25) is 0 Å². The lowest BCUT2D eigenvalue weighted by Crippen LogP contribution is -2.32. The second-order valence-electron chi connectivity index (χ2n) is 4.74. The summed E-state index contributed by atoms with van der Waals surface area (Å²) in [6.45, 7) is 3.67. The fraction of sp³-hybridized carbons (Fsp3) is 0.500. The summed E-state index contributed by atoms with van der Waals surface area (Å²) < 4.78 is 0. The van der Waals surface area contributed by atoms with E-state index < -0.39 is 0 Å². The van der Waals surface area contributed by atoms with Gasteiger partial charge in [0.2, 0.25) is 0 Å². The summed E-state index contributed by atoms with van der Waals surface area (Å²) in [6.07, 6.45) is 4.68. The highest BCUT2D eigenvalue weighted by atomic mass is 16.2. The van der Waals surface area contributed by atoms with Crippen LogP contribution < -0.4 is 5.73 Å². The van der Waals surface area contributed by atoms with Crippen LogP contribution >= 0.6 is 0 Å². The number of hydrogen-bond acceptors (Lipinski definition) is 2. The Morgan fingerprint density at radius 1 is 1.18 bits per heavy atom. The van der Waals surface area contributed by atoms with Crippen LogP contribution in [0.4, 0.5) is 5.69 Å². The molecule has 2 rings (SSSR count). The Kier molecular flexibility index (Phi) is 3.67. The number of carbonyl (C=O) groups excluding carboxylic acids is 1. The standard InChI is InChI=1S/C14H20N2O/c1-11-7-6-8-12(13(11)15)14(17)16-9-4-2-3-5-10-16/h6-8H,2-5,9-10,15H2,1H3. The van der Waals surface area contributed by atoms with E-state index in [1.54, 1.807) is 0 Å². The summed E-state index contributed by atoms with van der Waals surface area (Å²) in [4.78, 5) is 14.3. The third-order valence-corrected chi connectivity index (χ3v) is 3.45. The third kappa shape index (κ3) is 2.60. The van der Waals surface area contributed by atoms with Gasteiger partial charge in [0.1, 0.15) is 0 Å². The Morgan fingerprint density at radius 2 is 1.82 bits per heavy atom. The highest BCUT2D eigenvalue weighted by Gasteiger charge is 2.19. The van der Waals surface area contributed by atoms with Crippen molar-refractivity contribution in [3.05, 3.63) is 29.3 Å². The first-order chi connectivity index (χ1) is 8.20. The van der Waals surface area contributed by atoms with Gasteiger partial charge in [0.15, 0.2) is 0 Å². The van der Waals surface area contributed by atoms with Crippen LogP contribution in [0.1, 0.15) is 41.6 Å². The number of aryl methyl sites for hydroxylation is 1. The first-order valence-electron chi connectivity index (χ1n) is 6.34. The Labute approximate surface area is 103 Å². The summed E-state index contributed by atoms with van der Waals surface area (Å²) in [7, 11) is 0. The minimum absolute atomic E-state index is 0.0908. The predicted octanol–water partition coefficient (Wildman–Crippen LogP) is 2.59. The van der Waals surface area contributed by atoms with E-state index >= 15 is 0 Å². The van der Waals surface area contributed by atoms with Crippen molar-refractivity contribution >= 4 is 11.6 Å². The molecule has 1 aromatic rings. The molecular formula is C14H20N2O. The van der Waals surface area contributed by atoms with Crippen molar-refractivity contribution in [2.45, 2.75) is 32.6 Å². The fourth-order valence-corrected chi connectivity index (χ4v) is 2.31. The predicted molar refractivity (Wildman–Crippen MR) is 70.0 cm³/mol. The topological polar surface area (TPSA) is 46.3 Å². The monoisotopic (exact) mass is 232 g/mol. The van der Waals surface area contributed by atoms with E-state index in [2.05, 4.69) is 0 Å². The van der Waals surface area contributed by atoms with E-state index in [9.17, 15) is 4.79 Å². The lowest BCUT2D eigenvalue weighted by Gasteiger charge is -2.21. The van der Waals surface area contributed by atoms with Gasteiger partial charge in [-0.1, -0.05) is 25.0 Å². The molecule has 1 aromatic carbocycles. The van der Waals surface area contributed by atoms with Gasteiger partial charge in [0.05, 0.1) is 5.56 Å². The molecule has 0 aromatic heterocycles. The average Bonchev–Trinajstić information content (AvgIpc) is 2.60. The van der Waals surface area contributed by atoms with Gasteiger partial charge in [-0.25, -0.2) is 0 Å². The Morgan fingerprint density at radius 3 is 2.47 bits per heavy atom. The quantitative estimate of drug-likeness (QED) is 0.756. The number of nitrogens with two attached hydrogens (primary N) is 1. The number of para-hydroxylation sites is 1. The largest absolute Gasteiger partial charge is 0.398 e. The van der Waals surface area contributed by atoms with Gasteiger partial charge in [-0.3, -0.25) is 4.79 Å². The van der Waals surface area contributed by atoms with Gasteiger partial charge in [-0.05, 0) is 31.4 Å². The zero-order valence-electron chi connectivity index (χ0n) is 10.4. The molecule has 3 heteroatoms. The number of carbonyl (C=O) groups is 1. The third-order valence-electron chi connectivity index (χ3n) is 3.45. The number of amides is 1. The van der Waals surface area contributed by atoms with Gasteiger partial charge in [-0.15, -0.1) is 0 Å². The van der Waals surface area contributed by atoms with Crippen molar-refractivity contribution in [1.29, 1.82) is 0 Å². The molecule has 1 heterocycles. The van der Waals surface area contributed by atoms with Crippen molar-refractivity contribution in [2.24, 2.45) is 0 Å². The molecule has 0 aliphatic carbocycles. The molecule has 0 bridgehead atoms. The number of nitrogens with zero attached hydrogens (tertiary/aromatic N) is 1. The van der Waals surface area contributed by atoms with E-state index in [-0.39, 0.29) is 5.91 Å². The minimum Gasteiger partial charge on any atom is -0.398 e. The van der Waals surface area contributed by atoms with Crippen molar-refractivity contribution in [3.8, 4) is 0 Å². The lowest BCUT2D eigenvalue weighted by atomic mass is 10.1. The molecule has 1 aliphatic rings. The molecule has 1 saturated heterocycles. The number of hydrogen-bond donors (Lipinski definition) is 1. The molecule has 92 valence electrons. The molecule has 17 heavy (non-hydrogen) atoms. The molecular weight excluding hydrogens is 212 g/mol. The Bertz CT molecular complexity index is 407. The van der Waals surface area contributed by atoms with Crippen molar-refractivity contribution < 1.29 is 4.79 Å². The van der Waals surface area contributed by atoms with Gasteiger partial charge in [0, 0.05) is 18.8 Å². The van der Waals surface area contributed by atoms with Crippen LogP contribution in [0, 0.1) is 6.92 Å². The molecule has 0 spiro atoms. The molecule has 1 amide bonds. The summed E-state index contributed by atoms with van der Waals surface area (Å²) in [5.74, 6) is 0.0908. The summed E-state index contributed by atoms with van der Waals surface area (Å²) in [5, 5.41) is 0. The van der Waals surface area contributed by atoms with E-state index in [1.165, 1.54) is 12.8 Å². The highest BCUT2D eigenvalue weighted by molar-refractivity contribution is 5.99. The average molecular weight is 232 g/mol. The maximum absolute atomic E-state index is 12.4. The normalized spacial score (nSPS) is 16.6. The van der Waals surface area contributed by atoms with Gasteiger partial charge < -0.3 is 10.6 Å². The first-order valence-corrected chi connectivity index (χ1v) is 6.34. The number of rotatable bonds is 1. The molecule has 3 nitrogen and oxygen atoms in total. The van der Waals surface area contributed by atoms with E-state index in [0.717, 1.165) is 31.5 Å². The molecule has 1 aliphatic heterocycles. The van der Waals surface area contributed by atoms with Crippen LogP contribution in [-0.2, 0) is 0 Å². The molecule has 0 atom stereocenters. The Balaban J connectivity index is 2.20. The number of likely N-dealkylation sites (tertiary alicyclic amines) is 1. The second-order valence-corrected chi connectivity index (χ2v) is 4.74. The van der Waals surface area contributed by atoms with Gasteiger partial charge >= 0.3 is 0 Å². The zero-order chi connectivity index (χ0) is 12.3. The fourth-order valence-electron chi connectivity index (χ4n) is 2.31. The second kappa shape index (κ2) is 5.21. The maximum atomic E-state index is 12.4. The van der Waals surface area contributed by atoms with Gasteiger partial charge in [-0.2, -0.15) is 0 Å². The van der Waals surface area contributed by atoms with Crippen molar-refractivity contribution in [2.75, 3.05) is 18.8 Å². The van der Waals surface area contributed by atoms with Crippen LogP contribution in [0.3, 0.4) is 0 Å². The smallest absolute Gasteiger partial charge is 0.255 e. The van der Waals surface area contributed by atoms with E-state index in [4.69, 9.17) is 5.73 Å². The molecule has 2 N–H and O–H groups in total. The van der Waals surface area contributed by atoms with Crippen molar-refractivity contribution in [1.82, 2.24) is 4.90 Å². The number of nitrogen functional groups attached to an aromatic ring is 1. The minimum atomic E-state index is 0.0908. The van der Waals surface area contributed by atoms with E-state index in [1.807, 2.05) is 30.0 Å². The van der Waals surface area contributed by atoms with Crippen LogP contribution in [-0.4, -0.2) is 23.9 Å². The molecule has 0 unspecified atom stereocenters. The van der Waals surface area contributed by atoms with Crippen LogP contribution in [0.25, 0.3) is 0 Å². The lowest BCUT2D eigenvalue weighted by molar-refractivity contribution is 0.0762. The Hall–Kier alpha value is -1.51. The molecule has 0 saturated carbocycles. The number of benzene rings is 1. The van der Waals surface area contributed by atoms with Crippen LogP contribution in [0.15, 0.2) is 18.2 Å². The highest BCUT2D eigenvalue weighted by Crippen LogP contribution is 2.20. The maximum Gasteiger partial charge on any atom is 0.255 e. The number of anilines is 1. The first kappa shape index (κ1) is 12.0. The SMILES string of the molecule is Cc1cccc(C(=O)N2CCCCCC2)c1N. The van der Waals surface area contributed by atoms with E-state index in [0.29, 0.717) is 11.3 Å². The summed E-state index contributed by atoms with van der Waals surface area (Å²) in [5.41, 5.74) is 8.24. The molecule has 0 radical (unpaired) electrons. The van der Waals surface area contributed by atoms with Crippen LogP contribution in [0.5, 0.6) is 0 Å². The molecule has 1 fully saturated rings. The van der Waals surface area contributed by atoms with Crippen molar-refractivity contribution in [3.63, 3.8) is 0 Å².